The Morgan fingerprint density at radius 1 is 1.10 bits per heavy atom. The molecule has 1 aliphatic rings. The molecular weight excluding hydrogens is 445 g/mol. The molecule has 0 aliphatic carbocycles. The molecular formula is C21H15ClFN3O4S. The Morgan fingerprint density at radius 3 is 2.61 bits per heavy atom. The maximum Gasteiger partial charge on any atom is 0.280 e. The zero-order chi connectivity index (χ0) is 22.3. The third-order valence-corrected chi connectivity index (χ3v) is 6.50. The number of benzene rings is 2. The monoisotopic (exact) mass is 459 g/mol. The van der Waals surface area contributed by atoms with Crippen molar-refractivity contribution in [2.24, 2.45) is 0 Å². The van der Waals surface area contributed by atoms with Gasteiger partial charge in [-0.25, -0.2) is 12.8 Å². The van der Waals surface area contributed by atoms with Gasteiger partial charge in [-0.3, -0.25) is 24.2 Å². The molecule has 0 atom stereocenters. The van der Waals surface area contributed by atoms with Crippen LogP contribution < -0.4 is 4.72 Å². The number of rotatable bonds is 5. The molecule has 0 unspecified atom stereocenters. The lowest BCUT2D eigenvalue weighted by atomic mass is 10.2. The number of hydrogen-bond acceptors (Lipinski definition) is 5. The molecule has 0 fully saturated rings. The Bertz CT molecular complexity index is 1310. The molecule has 4 rings (SSSR count). The van der Waals surface area contributed by atoms with Gasteiger partial charge in [-0.05, 0) is 54.4 Å². The van der Waals surface area contributed by atoms with Crippen LogP contribution in [0.5, 0.6) is 0 Å². The summed E-state index contributed by atoms with van der Waals surface area (Å²) in [6.45, 7) is 1.32. The number of aromatic nitrogens is 1. The second kappa shape index (κ2) is 7.75. The van der Waals surface area contributed by atoms with Crippen LogP contribution in [0.3, 0.4) is 0 Å². The van der Waals surface area contributed by atoms with E-state index in [-0.39, 0.29) is 29.1 Å². The van der Waals surface area contributed by atoms with Crippen LogP contribution in [0.2, 0.25) is 5.02 Å². The molecule has 0 saturated heterocycles. The van der Waals surface area contributed by atoms with E-state index < -0.39 is 32.6 Å². The largest absolute Gasteiger partial charge is 0.280 e. The average Bonchev–Trinajstić information content (AvgIpc) is 2.97. The van der Waals surface area contributed by atoms with E-state index in [2.05, 4.69) is 9.71 Å². The third-order valence-electron chi connectivity index (χ3n) is 4.82. The van der Waals surface area contributed by atoms with Crippen molar-refractivity contribution in [2.45, 2.75) is 18.4 Å². The van der Waals surface area contributed by atoms with E-state index in [4.69, 9.17) is 11.6 Å². The van der Waals surface area contributed by atoms with Gasteiger partial charge in [0, 0.05) is 11.2 Å². The zero-order valence-corrected chi connectivity index (χ0v) is 17.7. The number of imide groups is 1. The molecule has 31 heavy (non-hydrogen) atoms. The van der Waals surface area contributed by atoms with Crippen molar-refractivity contribution in [1.82, 2.24) is 9.88 Å². The quantitative estimate of drug-likeness (QED) is 0.586. The topological polar surface area (TPSA) is 96.4 Å². The molecule has 0 spiro atoms. The Hall–Kier alpha value is -3.30. The fourth-order valence-corrected chi connectivity index (χ4v) is 4.78. The first-order valence-electron chi connectivity index (χ1n) is 9.06. The third kappa shape index (κ3) is 3.89. The second-order valence-corrected chi connectivity index (χ2v) is 9.00. The van der Waals surface area contributed by atoms with Crippen molar-refractivity contribution in [3.63, 3.8) is 0 Å². The predicted octanol–water partition coefficient (Wildman–Crippen LogP) is 3.78. The molecule has 7 nitrogen and oxygen atoms in total. The number of nitrogens with one attached hydrogen (secondary N) is 1. The number of hydrogen-bond donors (Lipinski definition) is 1. The first kappa shape index (κ1) is 21.0. The molecule has 1 N–H and O–H groups in total. The summed E-state index contributed by atoms with van der Waals surface area (Å²) < 4.78 is 42.5. The van der Waals surface area contributed by atoms with E-state index in [1.165, 1.54) is 30.5 Å². The second-order valence-electron chi connectivity index (χ2n) is 6.91. The standard InChI is InChI=1S/C21H15ClFN3O4S/c1-12-4-6-14(22)9-17(12)25-31(29,30)18-10-15(23)7-5-13(18)11-26-20(27)16-3-2-8-24-19(16)21(26)28/h2-10,25H,11H2,1H3. The van der Waals surface area contributed by atoms with Crippen LogP contribution in [0.4, 0.5) is 10.1 Å². The molecule has 2 heterocycles. The number of aryl methyl sites for hydroxylation is 1. The highest BCUT2D eigenvalue weighted by molar-refractivity contribution is 7.92. The smallest absolute Gasteiger partial charge is 0.279 e. The molecule has 0 radical (unpaired) electrons. The van der Waals surface area contributed by atoms with Crippen molar-refractivity contribution in [3.05, 3.63) is 88.0 Å². The van der Waals surface area contributed by atoms with Crippen LogP contribution in [-0.2, 0) is 16.6 Å². The molecule has 3 aromatic rings. The number of sulfonamides is 1. The number of carbonyl (C=O) groups excluding carboxylic acids is 2. The Kier molecular flexibility index (Phi) is 5.24. The van der Waals surface area contributed by atoms with Crippen molar-refractivity contribution >= 4 is 39.1 Å². The maximum atomic E-state index is 14.0. The number of anilines is 1. The van der Waals surface area contributed by atoms with Gasteiger partial charge in [0.15, 0.2) is 0 Å². The van der Waals surface area contributed by atoms with E-state index in [1.54, 1.807) is 19.1 Å². The minimum atomic E-state index is -4.26. The number of nitrogens with zero attached hydrogens (tertiary/aromatic N) is 2. The molecule has 2 aromatic carbocycles. The lowest BCUT2D eigenvalue weighted by Gasteiger charge is -2.18. The minimum Gasteiger partial charge on any atom is -0.279 e. The highest BCUT2D eigenvalue weighted by Crippen LogP contribution is 2.28. The van der Waals surface area contributed by atoms with Crippen LogP contribution >= 0.6 is 11.6 Å². The van der Waals surface area contributed by atoms with E-state index in [9.17, 15) is 22.4 Å². The van der Waals surface area contributed by atoms with Gasteiger partial charge >= 0.3 is 0 Å². The van der Waals surface area contributed by atoms with E-state index in [1.807, 2.05) is 0 Å². The van der Waals surface area contributed by atoms with E-state index in [0.29, 0.717) is 10.6 Å². The molecule has 0 bridgehead atoms. The van der Waals surface area contributed by atoms with Crippen LogP contribution in [0.1, 0.15) is 32.0 Å². The maximum absolute atomic E-state index is 14.0. The minimum absolute atomic E-state index is 0.00769. The van der Waals surface area contributed by atoms with Gasteiger partial charge in [-0.15, -0.1) is 0 Å². The lowest BCUT2D eigenvalue weighted by Crippen LogP contribution is -2.30. The van der Waals surface area contributed by atoms with Gasteiger partial charge in [0.05, 0.1) is 22.7 Å². The highest BCUT2D eigenvalue weighted by Gasteiger charge is 2.37. The molecule has 0 saturated carbocycles. The first-order valence-corrected chi connectivity index (χ1v) is 10.9. The predicted molar refractivity (Wildman–Crippen MR) is 112 cm³/mol. The summed E-state index contributed by atoms with van der Waals surface area (Å²) in [5.74, 6) is -2.03. The number of fused-ring (bicyclic) bond motifs is 1. The fourth-order valence-electron chi connectivity index (χ4n) is 3.24. The zero-order valence-electron chi connectivity index (χ0n) is 16.1. The average molecular weight is 460 g/mol. The highest BCUT2D eigenvalue weighted by atomic mass is 35.5. The van der Waals surface area contributed by atoms with E-state index in [0.717, 1.165) is 17.0 Å². The van der Waals surface area contributed by atoms with E-state index >= 15 is 0 Å². The molecule has 1 aromatic heterocycles. The fraction of sp³-hybridized carbons (Fsp3) is 0.0952. The summed E-state index contributed by atoms with van der Waals surface area (Å²) in [5.41, 5.74) is 1.03. The van der Waals surface area contributed by atoms with Gasteiger partial charge < -0.3 is 0 Å². The van der Waals surface area contributed by atoms with Crippen molar-refractivity contribution in [2.75, 3.05) is 4.72 Å². The van der Waals surface area contributed by atoms with Gasteiger partial charge in [0.2, 0.25) is 0 Å². The summed E-state index contributed by atoms with van der Waals surface area (Å²) in [7, 11) is -4.26. The number of carbonyl (C=O) groups is 2. The Balaban J connectivity index is 1.71. The molecule has 1 aliphatic heterocycles. The van der Waals surface area contributed by atoms with Crippen molar-refractivity contribution in [1.29, 1.82) is 0 Å². The molecule has 158 valence electrons. The number of pyridine rings is 1. The van der Waals surface area contributed by atoms with Gasteiger partial charge in [0.25, 0.3) is 21.8 Å². The summed E-state index contributed by atoms with van der Waals surface area (Å²) in [4.78, 5) is 29.6. The van der Waals surface area contributed by atoms with Gasteiger partial charge in [0.1, 0.15) is 11.5 Å². The molecule has 10 heteroatoms. The van der Waals surface area contributed by atoms with Gasteiger partial charge in [-0.2, -0.15) is 0 Å². The van der Waals surface area contributed by atoms with Crippen LogP contribution in [0, 0.1) is 12.7 Å². The Labute approximate surface area is 182 Å². The SMILES string of the molecule is Cc1ccc(Cl)cc1NS(=O)(=O)c1cc(F)ccc1CN1C(=O)c2cccnc2C1=O. The van der Waals surface area contributed by atoms with Crippen LogP contribution in [0.25, 0.3) is 0 Å². The summed E-state index contributed by atoms with van der Waals surface area (Å²) in [6, 6.07) is 10.8. The van der Waals surface area contributed by atoms with Crippen molar-refractivity contribution in [3.8, 4) is 0 Å². The first-order chi connectivity index (χ1) is 14.7. The normalized spacial score (nSPS) is 13.5. The number of halogens is 2. The summed E-state index contributed by atoms with van der Waals surface area (Å²) in [6.07, 6.45) is 1.39. The van der Waals surface area contributed by atoms with Gasteiger partial charge in [-0.1, -0.05) is 23.7 Å². The number of amides is 2. The van der Waals surface area contributed by atoms with Crippen molar-refractivity contribution < 1.29 is 22.4 Å². The Morgan fingerprint density at radius 2 is 1.87 bits per heavy atom. The van der Waals surface area contributed by atoms with Crippen LogP contribution in [-0.4, -0.2) is 30.1 Å². The summed E-state index contributed by atoms with van der Waals surface area (Å²) >= 11 is 5.96. The summed E-state index contributed by atoms with van der Waals surface area (Å²) in [5, 5.41) is 0.321. The lowest BCUT2D eigenvalue weighted by molar-refractivity contribution is 0.0639. The molecule has 2 amide bonds. The van der Waals surface area contributed by atoms with Crippen LogP contribution in [0.15, 0.2) is 59.6 Å².